The van der Waals surface area contributed by atoms with Gasteiger partial charge in [0, 0.05) is 31.8 Å². The number of rotatable bonds is 3. The molecule has 5 nitrogen and oxygen atoms in total. The predicted molar refractivity (Wildman–Crippen MR) is 59.4 cm³/mol. The molecule has 0 saturated carbocycles. The van der Waals surface area contributed by atoms with E-state index in [1.54, 1.807) is 0 Å². The van der Waals surface area contributed by atoms with Gasteiger partial charge in [-0.15, -0.1) is 0 Å². The molecule has 0 fully saturated rings. The fourth-order valence-corrected chi connectivity index (χ4v) is 1.97. The minimum absolute atomic E-state index is 0.0729. The largest absolute Gasteiger partial charge is 0.360 e. The highest BCUT2D eigenvalue weighted by Gasteiger charge is 2.29. The summed E-state index contributed by atoms with van der Waals surface area (Å²) in [6, 6.07) is -0.116. The highest BCUT2D eigenvalue weighted by atomic mass is 16.5. The third kappa shape index (κ3) is 2.15. The Bertz CT molecular complexity index is 398. The van der Waals surface area contributed by atoms with E-state index in [9.17, 15) is 4.79 Å². The number of hydrogen-bond acceptors (Lipinski definition) is 5. The topological polar surface area (TPSA) is 72.4 Å². The van der Waals surface area contributed by atoms with Crippen molar-refractivity contribution in [3.63, 3.8) is 0 Å². The Hall–Kier alpha value is -1.20. The molecule has 1 atom stereocenters. The van der Waals surface area contributed by atoms with Crippen molar-refractivity contribution in [2.24, 2.45) is 5.73 Å². The van der Waals surface area contributed by atoms with Crippen LogP contribution in [0.2, 0.25) is 0 Å². The molecule has 0 saturated heterocycles. The Labute approximate surface area is 94.6 Å². The van der Waals surface area contributed by atoms with Crippen molar-refractivity contribution in [3.05, 3.63) is 17.0 Å². The van der Waals surface area contributed by atoms with Gasteiger partial charge in [0.15, 0.2) is 5.78 Å². The van der Waals surface area contributed by atoms with Gasteiger partial charge in [0.1, 0.15) is 5.76 Å². The van der Waals surface area contributed by atoms with E-state index in [2.05, 4.69) is 10.1 Å². The highest BCUT2D eigenvalue weighted by Crippen LogP contribution is 2.24. The Kier molecular flexibility index (Phi) is 3.07. The van der Waals surface area contributed by atoms with Gasteiger partial charge in [-0.05, 0) is 14.1 Å². The molecule has 2 rings (SSSR count). The number of nitrogens with zero attached hydrogens (tertiary/aromatic N) is 2. The van der Waals surface area contributed by atoms with E-state index in [1.165, 1.54) is 0 Å². The predicted octanol–water partition coefficient (Wildman–Crippen LogP) is 0.235. The molecule has 0 aromatic carbocycles. The van der Waals surface area contributed by atoms with E-state index in [4.69, 9.17) is 10.3 Å². The fraction of sp³-hybridized carbons (Fsp3) is 0.636. The van der Waals surface area contributed by atoms with Gasteiger partial charge < -0.3 is 15.2 Å². The first kappa shape index (κ1) is 11.3. The van der Waals surface area contributed by atoms with Crippen LogP contribution in [0.4, 0.5) is 0 Å². The van der Waals surface area contributed by atoms with Gasteiger partial charge in [-0.3, -0.25) is 4.79 Å². The van der Waals surface area contributed by atoms with Gasteiger partial charge >= 0.3 is 0 Å². The van der Waals surface area contributed by atoms with Crippen molar-refractivity contribution >= 4 is 5.78 Å². The third-order valence-corrected chi connectivity index (χ3v) is 2.80. The molecule has 0 radical (unpaired) electrons. The van der Waals surface area contributed by atoms with Crippen molar-refractivity contribution in [1.82, 2.24) is 10.1 Å². The lowest BCUT2D eigenvalue weighted by atomic mass is 9.91. The number of carbonyl (C=O) groups excluding carboxylic acids is 1. The summed E-state index contributed by atoms with van der Waals surface area (Å²) < 4.78 is 5.19. The normalized spacial score (nSPS) is 20.2. The number of Topliss-reactive ketones (excluding diaryl/α,β-unsaturated/α-hetero) is 1. The Morgan fingerprint density at radius 3 is 2.94 bits per heavy atom. The second-order valence-electron chi connectivity index (χ2n) is 4.57. The summed E-state index contributed by atoms with van der Waals surface area (Å²) in [5, 5.41) is 3.98. The number of ketones is 1. The molecule has 1 unspecified atom stereocenters. The average Bonchev–Trinajstić information content (AvgIpc) is 2.57. The second kappa shape index (κ2) is 4.35. The van der Waals surface area contributed by atoms with Crippen molar-refractivity contribution in [2.45, 2.75) is 25.3 Å². The zero-order valence-electron chi connectivity index (χ0n) is 9.69. The maximum atomic E-state index is 11.8. The molecule has 1 aliphatic rings. The van der Waals surface area contributed by atoms with Crippen LogP contribution in [0.1, 0.15) is 28.2 Å². The summed E-state index contributed by atoms with van der Waals surface area (Å²) >= 11 is 0. The Morgan fingerprint density at radius 2 is 2.25 bits per heavy atom. The maximum Gasteiger partial charge on any atom is 0.169 e. The molecular weight excluding hydrogens is 206 g/mol. The van der Waals surface area contributed by atoms with Crippen molar-refractivity contribution in [2.75, 3.05) is 20.6 Å². The van der Waals surface area contributed by atoms with Crippen LogP contribution in [0.25, 0.3) is 0 Å². The minimum Gasteiger partial charge on any atom is -0.360 e. The molecular formula is C11H17N3O2. The molecule has 1 heterocycles. The van der Waals surface area contributed by atoms with E-state index in [0.717, 1.165) is 18.7 Å². The lowest BCUT2D eigenvalue weighted by molar-refractivity contribution is 0.0960. The molecule has 2 N–H and O–H groups in total. The van der Waals surface area contributed by atoms with Crippen LogP contribution in [-0.2, 0) is 12.8 Å². The second-order valence-corrected chi connectivity index (χ2v) is 4.57. The molecule has 0 aliphatic heterocycles. The summed E-state index contributed by atoms with van der Waals surface area (Å²) in [7, 11) is 3.98. The molecule has 88 valence electrons. The van der Waals surface area contributed by atoms with Gasteiger partial charge in [0.2, 0.25) is 0 Å². The summed E-state index contributed by atoms with van der Waals surface area (Å²) in [6.07, 6.45) is 1.77. The lowest BCUT2D eigenvalue weighted by Gasteiger charge is -2.15. The van der Waals surface area contributed by atoms with Gasteiger partial charge in [-0.25, -0.2) is 0 Å². The van der Waals surface area contributed by atoms with Gasteiger partial charge in [-0.1, -0.05) is 5.16 Å². The number of nitrogens with two attached hydrogens (primary N) is 1. The molecule has 1 aromatic rings. The number of hydrogen-bond donors (Lipinski definition) is 1. The number of likely N-dealkylation sites (N-methyl/N-ethyl adjacent to an activating group) is 1. The number of carbonyl (C=O) groups is 1. The van der Waals surface area contributed by atoms with Gasteiger partial charge in [0.25, 0.3) is 0 Å². The Morgan fingerprint density at radius 1 is 1.50 bits per heavy atom. The van der Waals surface area contributed by atoms with E-state index in [0.29, 0.717) is 24.2 Å². The first-order chi connectivity index (χ1) is 7.58. The van der Waals surface area contributed by atoms with Gasteiger partial charge in [-0.2, -0.15) is 0 Å². The number of fused-ring (bicyclic) bond motifs is 1. The summed E-state index contributed by atoms with van der Waals surface area (Å²) in [5.41, 5.74) is 7.22. The smallest absolute Gasteiger partial charge is 0.169 e. The molecule has 5 heteroatoms. The third-order valence-electron chi connectivity index (χ3n) is 2.80. The molecule has 1 aromatic heterocycles. The minimum atomic E-state index is -0.116. The molecule has 0 bridgehead atoms. The molecule has 0 amide bonds. The quantitative estimate of drug-likeness (QED) is 0.794. The van der Waals surface area contributed by atoms with Crippen LogP contribution < -0.4 is 5.73 Å². The van der Waals surface area contributed by atoms with Crippen LogP contribution in [-0.4, -0.2) is 42.5 Å². The van der Waals surface area contributed by atoms with Crippen LogP contribution >= 0.6 is 0 Å². The van der Waals surface area contributed by atoms with Crippen molar-refractivity contribution in [3.8, 4) is 0 Å². The van der Waals surface area contributed by atoms with E-state index >= 15 is 0 Å². The van der Waals surface area contributed by atoms with Crippen LogP contribution in [0, 0.1) is 0 Å². The van der Waals surface area contributed by atoms with E-state index < -0.39 is 0 Å². The lowest BCUT2D eigenvalue weighted by Crippen LogP contribution is -2.31. The van der Waals surface area contributed by atoms with Crippen LogP contribution in [0.15, 0.2) is 4.52 Å². The molecule has 16 heavy (non-hydrogen) atoms. The zero-order chi connectivity index (χ0) is 11.7. The highest BCUT2D eigenvalue weighted by molar-refractivity contribution is 5.99. The summed E-state index contributed by atoms with van der Waals surface area (Å²) in [4.78, 5) is 13.9. The monoisotopic (exact) mass is 223 g/mol. The van der Waals surface area contributed by atoms with Crippen LogP contribution in [0.3, 0.4) is 0 Å². The standard InChI is InChI=1S/C11H17N3O2/c1-14(2)4-3-8-11-9(15)5-7(12)6-10(11)16-13-8/h7H,3-6,12H2,1-2H3. The zero-order valence-corrected chi connectivity index (χ0v) is 9.69. The van der Waals surface area contributed by atoms with E-state index in [-0.39, 0.29) is 11.8 Å². The first-order valence-corrected chi connectivity index (χ1v) is 5.49. The molecule has 1 aliphatic carbocycles. The SMILES string of the molecule is CN(C)CCc1noc2c1C(=O)CC(N)C2. The molecule has 0 spiro atoms. The van der Waals surface area contributed by atoms with Crippen LogP contribution in [0.5, 0.6) is 0 Å². The van der Waals surface area contributed by atoms with Crippen molar-refractivity contribution < 1.29 is 9.32 Å². The first-order valence-electron chi connectivity index (χ1n) is 5.49. The van der Waals surface area contributed by atoms with E-state index in [1.807, 2.05) is 14.1 Å². The summed E-state index contributed by atoms with van der Waals surface area (Å²) in [5.74, 6) is 0.737. The summed E-state index contributed by atoms with van der Waals surface area (Å²) in [6.45, 7) is 0.859. The fourth-order valence-electron chi connectivity index (χ4n) is 1.97. The Balaban J connectivity index is 2.20. The van der Waals surface area contributed by atoms with Gasteiger partial charge in [0.05, 0.1) is 11.3 Å². The average molecular weight is 223 g/mol. The number of aromatic nitrogens is 1. The van der Waals surface area contributed by atoms with Crippen molar-refractivity contribution in [1.29, 1.82) is 0 Å². The maximum absolute atomic E-state index is 11.8.